The maximum Gasteiger partial charge on any atom is 0.472 e. The van der Waals surface area contributed by atoms with Crippen molar-refractivity contribution in [3.63, 3.8) is 0 Å². The number of hydrogen-bond acceptors (Lipinski definition) is 15. The van der Waals surface area contributed by atoms with Crippen molar-refractivity contribution < 1.29 is 80.2 Å². The van der Waals surface area contributed by atoms with E-state index < -0.39 is 97.5 Å². The van der Waals surface area contributed by atoms with Crippen LogP contribution < -0.4 is 0 Å². The van der Waals surface area contributed by atoms with Crippen LogP contribution in [0, 0.1) is 11.8 Å². The summed E-state index contributed by atoms with van der Waals surface area (Å²) in [5, 5.41) is 10.6. The summed E-state index contributed by atoms with van der Waals surface area (Å²) in [5.41, 5.74) is 0. The lowest BCUT2D eigenvalue weighted by molar-refractivity contribution is -0.161. The fourth-order valence-electron chi connectivity index (χ4n) is 11.8. The van der Waals surface area contributed by atoms with Crippen LogP contribution in [0.2, 0.25) is 0 Å². The summed E-state index contributed by atoms with van der Waals surface area (Å²) < 4.78 is 68.5. The van der Waals surface area contributed by atoms with Crippen LogP contribution in [0.5, 0.6) is 0 Å². The van der Waals surface area contributed by atoms with Gasteiger partial charge < -0.3 is 33.8 Å². The first-order chi connectivity index (χ1) is 46.4. The molecule has 0 radical (unpaired) electrons. The second kappa shape index (κ2) is 68.8. The standard InChI is InChI=1S/C77H150O17P2/c1-7-9-11-13-15-17-19-21-23-24-25-26-27-28-29-30-32-34-36-42-49-55-61-76(81)93-72(65-87-74(79)59-53-47-41-35-33-31-22-20-18-16-14-12-10-8-2)67-91-95(83,84)89-63-71(78)64-90-96(85,86)92-68-73(94-77(82)62-56-50-44-38-40-46-52-58-70(5)6)66-88-75(80)60-54-48-43-37-39-45-51-57-69(3)4/h69-73,78H,7-68H2,1-6H3,(H,83,84)(H,85,86)/t71-,72-,73-/m1/s1. The second-order valence-corrected chi connectivity index (χ2v) is 31.6. The van der Waals surface area contributed by atoms with Gasteiger partial charge in [0.15, 0.2) is 12.2 Å². The third kappa shape index (κ3) is 70.5. The van der Waals surface area contributed by atoms with Gasteiger partial charge in [0.25, 0.3) is 0 Å². The number of phosphoric ester groups is 2. The highest BCUT2D eigenvalue weighted by Gasteiger charge is 2.30. The van der Waals surface area contributed by atoms with Gasteiger partial charge in [-0.25, -0.2) is 9.13 Å². The fraction of sp³-hybridized carbons (Fsp3) is 0.948. The van der Waals surface area contributed by atoms with E-state index in [-0.39, 0.29) is 25.7 Å². The highest BCUT2D eigenvalue weighted by molar-refractivity contribution is 7.47. The van der Waals surface area contributed by atoms with Gasteiger partial charge in [-0.2, -0.15) is 0 Å². The van der Waals surface area contributed by atoms with E-state index in [1.165, 1.54) is 212 Å². The van der Waals surface area contributed by atoms with Crippen molar-refractivity contribution in [1.29, 1.82) is 0 Å². The van der Waals surface area contributed by atoms with Crippen molar-refractivity contribution in [2.75, 3.05) is 39.6 Å². The van der Waals surface area contributed by atoms with Crippen LogP contribution in [0.3, 0.4) is 0 Å². The summed E-state index contributed by atoms with van der Waals surface area (Å²) in [6.07, 6.45) is 57.3. The predicted molar refractivity (Wildman–Crippen MR) is 391 cm³/mol. The number of hydrogen-bond donors (Lipinski definition) is 3. The van der Waals surface area contributed by atoms with Crippen LogP contribution in [0.15, 0.2) is 0 Å². The van der Waals surface area contributed by atoms with Crippen LogP contribution >= 0.6 is 15.6 Å². The molecule has 0 rings (SSSR count). The van der Waals surface area contributed by atoms with Gasteiger partial charge in [0.05, 0.1) is 26.4 Å². The van der Waals surface area contributed by atoms with Crippen molar-refractivity contribution in [2.24, 2.45) is 11.8 Å². The lowest BCUT2D eigenvalue weighted by atomic mass is 10.0. The van der Waals surface area contributed by atoms with Crippen molar-refractivity contribution in [3.8, 4) is 0 Å². The second-order valence-electron chi connectivity index (χ2n) is 28.7. The van der Waals surface area contributed by atoms with Gasteiger partial charge in [-0.1, -0.05) is 350 Å². The van der Waals surface area contributed by atoms with Gasteiger partial charge >= 0.3 is 39.5 Å². The number of ether oxygens (including phenoxy) is 4. The van der Waals surface area contributed by atoms with E-state index in [1.54, 1.807) is 0 Å². The Balaban J connectivity index is 5.17. The molecule has 0 aliphatic rings. The topological polar surface area (TPSA) is 237 Å². The molecule has 0 aromatic heterocycles. The quantitative estimate of drug-likeness (QED) is 0.0222. The van der Waals surface area contributed by atoms with Crippen LogP contribution in [0.25, 0.3) is 0 Å². The number of carbonyl (C=O) groups excluding carboxylic acids is 4. The summed E-state index contributed by atoms with van der Waals surface area (Å²) in [5.74, 6) is -0.719. The van der Waals surface area contributed by atoms with Crippen molar-refractivity contribution in [1.82, 2.24) is 0 Å². The first-order valence-electron chi connectivity index (χ1n) is 40.0. The highest BCUT2D eigenvalue weighted by Crippen LogP contribution is 2.45. The third-order valence-electron chi connectivity index (χ3n) is 18.0. The molecule has 0 spiro atoms. The van der Waals surface area contributed by atoms with Crippen molar-refractivity contribution in [2.45, 2.75) is 419 Å². The minimum atomic E-state index is -4.96. The third-order valence-corrected chi connectivity index (χ3v) is 19.9. The number of phosphoric acid groups is 2. The molecule has 3 N–H and O–H groups in total. The van der Waals surface area contributed by atoms with Gasteiger partial charge in [-0.3, -0.25) is 37.3 Å². The molecule has 0 heterocycles. The van der Waals surface area contributed by atoms with Crippen molar-refractivity contribution in [3.05, 3.63) is 0 Å². The summed E-state index contributed by atoms with van der Waals surface area (Å²) in [6, 6.07) is 0. The normalized spacial score (nSPS) is 14.0. The Bertz CT molecular complexity index is 1860. The highest BCUT2D eigenvalue weighted by atomic mass is 31.2. The Hall–Kier alpha value is -1.94. The maximum absolute atomic E-state index is 13.1. The fourth-order valence-corrected chi connectivity index (χ4v) is 13.4. The zero-order valence-corrected chi connectivity index (χ0v) is 64.5. The molecule has 0 aromatic rings. The van der Waals surface area contributed by atoms with Gasteiger partial charge in [0.1, 0.15) is 19.3 Å². The first-order valence-corrected chi connectivity index (χ1v) is 43.0. The monoisotopic (exact) mass is 1410 g/mol. The Labute approximate surface area is 588 Å². The summed E-state index contributed by atoms with van der Waals surface area (Å²) in [6.45, 7) is 9.47. The van der Waals surface area contributed by atoms with Gasteiger partial charge in [0, 0.05) is 25.7 Å². The van der Waals surface area contributed by atoms with E-state index in [2.05, 4.69) is 41.5 Å². The molecule has 2 unspecified atom stereocenters. The minimum Gasteiger partial charge on any atom is -0.462 e. The molecule has 570 valence electrons. The van der Waals surface area contributed by atoms with E-state index >= 15 is 0 Å². The molecule has 0 saturated heterocycles. The zero-order valence-electron chi connectivity index (χ0n) is 62.7. The zero-order chi connectivity index (χ0) is 70.7. The van der Waals surface area contributed by atoms with Gasteiger partial charge in [-0.05, 0) is 37.5 Å². The average molecular weight is 1410 g/mol. The Morgan fingerprint density at radius 1 is 0.281 bits per heavy atom. The SMILES string of the molecule is CCCCCCCCCCCCCCCCCCCCCCCCC(=O)O[C@H](COC(=O)CCCCCCCCCCCCCCCC)COP(=O)(O)OC[C@@H](O)COP(=O)(O)OC[C@@H](COC(=O)CCCCCCCCCC(C)C)OC(=O)CCCCCCCCCC(C)C. The Morgan fingerprint density at radius 3 is 0.708 bits per heavy atom. The molecule has 19 heteroatoms. The Kier molecular flexibility index (Phi) is 67.4. The number of unbranched alkanes of at least 4 members (excludes halogenated alkanes) is 46. The van der Waals surface area contributed by atoms with Crippen LogP contribution in [0.4, 0.5) is 0 Å². The maximum atomic E-state index is 13.1. The molecule has 0 aliphatic heterocycles. The lowest BCUT2D eigenvalue weighted by Crippen LogP contribution is -2.30. The molecule has 0 aromatic carbocycles. The van der Waals surface area contributed by atoms with E-state index in [9.17, 15) is 43.2 Å². The summed E-state index contributed by atoms with van der Waals surface area (Å²) >= 11 is 0. The van der Waals surface area contributed by atoms with Crippen LogP contribution in [0.1, 0.15) is 401 Å². The molecular weight excluding hydrogens is 1260 g/mol. The molecular formula is C77H150O17P2. The largest absolute Gasteiger partial charge is 0.472 e. The molecule has 5 atom stereocenters. The number of aliphatic hydroxyl groups is 1. The molecule has 0 saturated carbocycles. The summed E-state index contributed by atoms with van der Waals surface area (Å²) in [7, 11) is -9.91. The molecule has 0 aliphatic carbocycles. The average Bonchev–Trinajstić information content (AvgIpc) is 1.88. The van der Waals surface area contributed by atoms with E-state index in [0.29, 0.717) is 37.5 Å². The van der Waals surface area contributed by atoms with Crippen LogP contribution in [-0.2, 0) is 65.4 Å². The smallest absolute Gasteiger partial charge is 0.462 e. The number of carbonyl (C=O) groups is 4. The van der Waals surface area contributed by atoms with Crippen molar-refractivity contribution >= 4 is 39.5 Å². The van der Waals surface area contributed by atoms with Gasteiger partial charge in [-0.15, -0.1) is 0 Å². The lowest BCUT2D eigenvalue weighted by Gasteiger charge is -2.21. The van der Waals surface area contributed by atoms with E-state index in [1.807, 2.05) is 0 Å². The molecule has 17 nitrogen and oxygen atoms in total. The van der Waals surface area contributed by atoms with Crippen LogP contribution in [-0.4, -0.2) is 96.7 Å². The van der Waals surface area contributed by atoms with E-state index in [4.69, 9.17) is 37.0 Å². The number of aliphatic hydroxyl groups excluding tert-OH is 1. The first kappa shape index (κ1) is 94.1. The molecule has 96 heavy (non-hydrogen) atoms. The summed E-state index contributed by atoms with van der Waals surface area (Å²) in [4.78, 5) is 72.7. The number of rotatable bonds is 76. The minimum absolute atomic E-state index is 0.103. The molecule has 0 fully saturated rings. The Morgan fingerprint density at radius 2 is 0.479 bits per heavy atom. The number of esters is 4. The molecule has 0 amide bonds. The predicted octanol–water partition coefficient (Wildman–Crippen LogP) is 22.7. The molecule has 0 bridgehead atoms. The van der Waals surface area contributed by atoms with Gasteiger partial charge in [0.2, 0.25) is 0 Å². The van der Waals surface area contributed by atoms with E-state index in [0.717, 1.165) is 96.3 Å².